The molecule has 8 heteroatoms. The molecule has 0 amide bonds. The topological polar surface area (TPSA) is 86.9 Å². The Labute approximate surface area is 169 Å². The predicted molar refractivity (Wildman–Crippen MR) is 107 cm³/mol. The second-order valence-corrected chi connectivity index (χ2v) is 6.86. The molecule has 2 atom stereocenters. The standard InChI is InChI=1S/C21H22N6O2/c1-26-8-6-18(17-5-7-23-14-24-17)25-21(26)27-9-10-29-20(13-27)16-11-15(12-22)3-4-19(16)28-2/h3-8,11,14,20-21H,9-10,13H2,1-2H3. The van der Waals surface area contributed by atoms with Gasteiger partial charge in [0.2, 0.25) is 0 Å². The van der Waals surface area contributed by atoms with E-state index in [0.717, 1.165) is 29.3 Å². The van der Waals surface area contributed by atoms with Crippen molar-refractivity contribution >= 4 is 5.71 Å². The van der Waals surface area contributed by atoms with Crippen LogP contribution in [0.4, 0.5) is 0 Å². The normalized spacial score (nSPS) is 22.1. The van der Waals surface area contributed by atoms with E-state index in [-0.39, 0.29) is 12.4 Å². The van der Waals surface area contributed by atoms with Gasteiger partial charge >= 0.3 is 0 Å². The number of aromatic nitrogens is 2. The molecule has 148 valence electrons. The molecule has 1 fully saturated rings. The monoisotopic (exact) mass is 390 g/mol. The van der Waals surface area contributed by atoms with Crippen LogP contribution in [0.3, 0.4) is 0 Å². The van der Waals surface area contributed by atoms with Gasteiger partial charge in [-0.05, 0) is 30.3 Å². The molecular formula is C21H22N6O2. The first-order valence-corrected chi connectivity index (χ1v) is 9.37. The molecule has 2 unspecified atom stereocenters. The predicted octanol–water partition coefficient (Wildman–Crippen LogP) is 1.96. The summed E-state index contributed by atoms with van der Waals surface area (Å²) in [6.07, 6.45) is 6.83. The van der Waals surface area contributed by atoms with Gasteiger partial charge in [0.05, 0.1) is 42.9 Å². The highest BCUT2D eigenvalue weighted by Crippen LogP contribution is 2.32. The summed E-state index contributed by atoms with van der Waals surface area (Å²) in [4.78, 5) is 17.5. The van der Waals surface area contributed by atoms with Gasteiger partial charge in [-0.2, -0.15) is 5.26 Å². The van der Waals surface area contributed by atoms with E-state index < -0.39 is 0 Å². The molecule has 2 aromatic rings. The molecule has 0 aliphatic carbocycles. The van der Waals surface area contributed by atoms with Crippen LogP contribution in [-0.2, 0) is 4.74 Å². The van der Waals surface area contributed by atoms with E-state index in [0.29, 0.717) is 18.7 Å². The fourth-order valence-corrected chi connectivity index (χ4v) is 3.58. The minimum Gasteiger partial charge on any atom is -0.496 e. The Kier molecular flexibility index (Phi) is 5.51. The van der Waals surface area contributed by atoms with Crippen molar-refractivity contribution in [3.63, 3.8) is 0 Å². The molecule has 2 aliphatic rings. The van der Waals surface area contributed by atoms with Gasteiger partial charge < -0.3 is 14.4 Å². The van der Waals surface area contributed by atoms with E-state index in [2.05, 4.69) is 25.8 Å². The molecule has 1 aromatic heterocycles. The van der Waals surface area contributed by atoms with Crippen molar-refractivity contribution < 1.29 is 9.47 Å². The van der Waals surface area contributed by atoms with E-state index in [4.69, 9.17) is 14.5 Å². The second-order valence-electron chi connectivity index (χ2n) is 6.86. The fraction of sp³-hybridized carbons (Fsp3) is 0.333. The maximum absolute atomic E-state index is 9.27. The molecule has 8 nitrogen and oxygen atoms in total. The number of nitrogens with zero attached hydrogens (tertiary/aromatic N) is 6. The van der Waals surface area contributed by atoms with Gasteiger partial charge in [-0.1, -0.05) is 0 Å². The summed E-state index contributed by atoms with van der Waals surface area (Å²) in [5.74, 6) is 0.720. The van der Waals surface area contributed by atoms with Crippen molar-refractivity contribution in [2.75, 3.05) is 33.9 Å². The lowest BCUT2D eigenvalue weighted by atomic mass is 10.0. The zero-order valence-corrected chi connectivity index (χ0v) is 16.4. The van der Waals surface area contributed by atoms with Crippen LogP contribution < -0.4 is 4.74 Å². The van der Waals surface area contributed by atoms with Crippen LogP contribution in [0, 0.1) is 11.3 Å². The van der Waals surface area contributed by atoms with Crippen molar-refractivity contribution in [3.8, 4) is 11.8 Å². The quantitative estimate of drug-likeness (QED) is 0.789. The largest absolute Gasteiger partial charge is 0.496 e. The van der Waals surface area contributed by atoms with Crippen LogP contribution in [0.5, 0.6) is 5.75 Å². The first-order chi connectivity index (χ1) is 14.2. The first kappa shape index (κ1) is 19.1. The molecule has 29 heavy (non-hydrogen) atoms. The number of allylic oxidation sites excluding steroid dienone is 1. The number of benzene rings is 1. The molecule has 3 heterocycles. The summed E-state index contributed by atoms with van der Waals surface area (Å²) in [5, 5.41) is 9.27. The second kappa shape index (κ2) is 8.39. The first-order valence-electron chi connectivity index (χ1n) is 9.37. The lowest BCUT2D eigenvalue weighted by Crippen LogP contribution is -2.50. The van der Waals surface area contributed by atoms with Gasteiger partial charge in [-0.25, -0.2) is 15.0 Å². The Morgan fingerprint density at radius 3 is 2.97 bits per heavy atom. The SMILES string of the molecule is COc1ccc(C#N)cc1C1CN(C2N=C(c3ccncn3)C=CN2C)CCO1. The average Bonchev–Trinajstić information content (AvgIpc) is 2.79. The molecule has 2 aliphatic heterocycles. The Balaban J connectivity index is 1.59. The van der Waals surface area contributed by atoms with E-state index in [1.165, 1.54) is 6.33 Å². The van der Waals surface area contributed by atoms with Crippen molar-refractivity contribution in [1.82, 2.24) is 19.8 Å². The number of aliphatic imine (C=N–C) groups is 1. The van der Waals surface area contributed by atoms with Crippen molar-refractivity contribution in [3.05, 3.63) is 65.9 Å². The number of nitriles is 1. The lowest BCUT2D eigenvalue weighted by Gasteiger charge is -2.41. The van der Waals surface area contributed by atoms with E-state index >= 15 is 0 Å². The van der Waals surface area contributed by atoms with E-state index in [9.17, 15) is 5.26 Å². The van der Waals surface area contributed by atoms with E-state index in [1.807, 2.05) is 37.5 Å². The summed E-state index contributed by atoms with van der Waals surface area (Å²) in [6, 6.07) is 9.45. The average molecular weight is 390 g/mol. The summed E-state index contributed by atoms with van der Waals surface area (Å²) in [5.41, 5.74) is 3.08. The lowest BCUT2D eigenvalue weighted by molar-refractivity contribution is -0.0639. The summed E-state index contributed by atoms with van der Waals surface area (Å²) in [7, 11) is 3.63. The third-order valence-electron chi connectivity index (χ3n) is 5.06. The van der Waals surface area contributed by atoms with Crippen LogP contribution >= 0.6 is 0 Å². The highest BCUT2D eigenvalue weighted by atomic mass is 16.5. The highest BCUT2D eigenvalue weighted by molar-refractivity contribution is 6.07. The summed E-state index contributed by atoms with van der Waals surface area (Å²) >= 11 is 0. The third kappa shape index (κ3) is 3.97. The van der Waals surface area contributed by atoms with Crippen LogP contribution in [0.1, 0.15) is 22.9 Å². The third-order valence-corrected chi connectivity index (χ3v) is 5.06. The summed E-state index contributed by atoms with van der Waals surface area (Å²) < 4.78 is 11.5. The maximum atomic E-state index is 9.27. The Bertz CT molecular complexity index is 969. The number of hydrogen-bond acceptors (Lipinski definition) is 8. The fourth-order valence-electron chi connectivity index (χ4n) is 3.58. The van der Waals surface area contributed by atoms with Gasteiger partial charge in [0.25, 0.3) is 0 Å². The van der Waals surface area contributed by atoms with Gasteiger partial charge in [0, 0.05) is 38.1 Å². The van der Waals surface area contributed by atoms with Gasteiger partial charge in [0.15, 0.2) is 6.29 Å². The molecule has 0 bridgehead atoms. The highest BCUT2D eigenvalue weighted by Gasteiger charge is 2.31. The number of rotatable bonds is 4. The minimum absolute atomic E-state index is 0.165. The molecule has 4 rings (SSSR count). The molecule has 0 N–H and O–H groups in total. The molecule has 1 aromatic carbocycles. The molecule has 0 radical (unpaired) electrons. The zero-order chi connectivity index (χ0) is 20.2. The van der Waals surface area contributed by atoms with Crippen molar-refractivity contribution in [1.29, 1.82) is 5.26 Å². The van der Waals surface area contributed by atoms with E-state index in [1.54, 1.807) is 19.4 Å². The molecule has 0 spiro atoms. The Morgan fingerprint density at radius 2 is 2.21 bits per heavy atom. The Morgan fingerprint density at radius 1 is 1.31 bits per heavy atom. The smallest absolute Gasteiger partial charge is 0.178 e. The van der Waals surface area contributed by atoms with Crippen LogP contribution in [0.25, 0.3) is 0 Å². The number of hydrogen-bond donors (Lipinski definition) is 0. The Hall–Kier alpha value is -3.28. The van der Waals surface area contributed by atoms with Crippen LogP contribution in [0.15, 0.2) is 54.1 Å². The number of methoxy groups -OCH3 is 1. The van der Waals surface area contributed by atoms with Crippen LogP contribution in [-0.4, -0.2) is 65.6 Å². The van der Waals surface area contributed by atoms with Gasteiger partial charge in [-0.3, -0.25) is 4.90 Å². The number of ether oxygens (including phenoxy) is 2. The molecule has 1 saturated heterocycles. The number of morpholine rings is 1. The van der Waals surface area contributed by atoms with Gasteiger partial charge in [-0.15, -0.1) is 0 Å². The maximum Gasteiger partial charge on any atom is 0.178 e. The van der Waals surface area contributed by atoms with Crippen molar-refractivity contribution in [2.45, 2.75) is 12.4 Å². The zero-order valence-electron chi connectivity index (χ0n) is 16.4. The summed E-state index contributed by atoms with van der Waals surface area (Å²) in [6.45, 7) is 1.95. The minimum atomic E-state index is -0.205. The van der Waals surface area contributed by atoms with Gasteiger partial charge in [0.1, 0.15) is 12.1 Å². The van der Waals surface area contributed by atoms with Crippen LogP contribution in [0.2, 0.25) is 0 Å². The molecule has 0 saturated carbocycles. The molecular weight excluding hydrogens is 368 g/mol. The van der Waals surface area contributed by atoms with Crippen molar-refractivity contribution in [2.24, 2.45) is 4.99 Å².